The SMILES string of the molecule is CC(=O)N1CCN(c2ncccc2CNCC2CC=CCC2)CC1. The van der Waals surface area contributed by atoms with E-state index < -0.39 is 0 Å². The molecule has 5 heteroatoms. The summed E-state index contributed by atoms with van der Waals surface area (Å²) in [5.74, 6) is 1.99. The van der Waals surface area contributed by atoms with E-state index in [-0.39, 0.29) is 5.91 Å². The summed E-state index contributed by atoms with van der Waals surface area (Å²) in [5.41, 5.74) is 1.25. The van der Waals surface area contributed by atoms with E-state index in [4.69, 9.17) is 0 Å². The van der Waals surface area contributed by atoms with Gasteiger partial charge in [-0.1, -0.05) is 18.2 Å². The third kappa shape index (κ3) is 4.35. The van der Waals surface area contributed by atoms with Crippen LogP contribution in [0.1, 0.15) is 31.7 Å². The summed E-state index contributed by atoms with van der Waals surface area (Å²) in [4.78, 5) is 20.3. The number of carbonyl (C=O) groups excluding carboxylic acids is 1. The molecule has 1 atom stereocenters. The number of pyridine rings is 1. The highest BCUT2D eigenvalue weighted by Gasteiger charge is 2.21. The summed E-state index contributed by atoms with van der Waals surface area (Å²) in [5, 5.41) is 3.61. The number of nitrogens with zero attached hydrogens (tertiary/aromatic N) is 3. The lowest BCUT2D eigenvalue weighted by atomic mass is 9.94. The van der Waals surface area contributed by atoms with Crippen LogP contribution in [0.2, 0.25) is 0 Å². The number of rotatable bonds is 5. The third-order valence-corrected chi connectivity index (χ3v) is 5.02. The molecule has 2 heterocycles. The number of hydrogen-bond donors (Lipinski definition) is 1. The topological polar surface area (TPSA) is 48.5 Å². The molecule has 24 heavy (non-hydrogen) atoms. The summed E-state index contributed by atoms with van der Waals surface area (Å²) in [7, 11) is 0. The number of hydrogen-bond acceptors (Lipinski definition) is 4. The van der Waals surface area contributed by atoms with Crippen molar-refractivity contribution in [1.29, 1.82) is 0 Å². The average molecular weight is 328 g/mol. The molecule has 1 unspecified atom stereocenters. The number of anilines is 1. The molecule has 1 aromatic rings. The standard InChI is InChI=1S/C19H28N4O/c1-16(24)22-10-12-23(13-11-22)19-18(8-5-9-21-19)15-20-14-17-6-3-2-4-7-17/h2-3,5,8-9,17,20H,4,6-7,10-15H2,1H3. The Hall–Kier alpha value is -1.88. The van der Waals surface area contributed by atoms with Crippen molar-refractivity contribution in [3.8, 4) is 0 Å². The van der Waals surface area contributed by atoms with Crippen molar-refractivity contribution in [3.05, 3.63) is 36.0 Å². The monoisotopic (exact) mass is 328 g/mol. The fraction of sp³-hybridized carbons (Fsp3) is 0.579. The molecule has 1 N–H and O–H groups in total. The quantitative estimate of drug-likeness (QED) is 0.842. The van der Waals surface area contributed by atoms with Crippen LogP contribution in [0.15, 0.2) is 30.5 Å². The minimum atomic E-state index is 0.166. The molecular formula is C19H28N4O. The summed E-state index contributed by atoms with van der Waals surface area (Å²) in [6, 6.07) is 4.17. The first-order chi connectivity index (χ1) is 11.7. The van der Waals surface area contributed by atoms with Crippen LogP contribution in [0.4, 0.5) is 5.82 Å². The molecular weight excluding hydrogens is 300 g/mol. The Labute approximate surface area is 144 Å². The van der Waals surface area contributed by atoms with Gasteiger partial charge >= 0.3 is 0 Å². The van der Waals surface area contributed by atoms with Gasteiger partial charge in [0.05, 0.1) is 0 Å². The molecule has 1 saturated heterocycles. The molecule has 1 aromatic heterocycles. The largest absolute Gasteiger partial charge is 0.353 e. The van der Waals surface area contributed by atoms with Crippen LogP contribution in [-0.2, 0) is 11.3 Å². The summed E-state index contributed by atoms with van der Waals surface area (Å²) >= 11 is 0. The van der Waals surface area contributed by atoms with E-state index in [0.717, 1.165) is 51.0 Å². The van der Waals surface area contributed by atoms with Gasteiger partial charge in [-0.15, -0.1) is 0 Å². The van der Waals surface area contributed by atoms with Crippen LogP contribution >= 0.6 is 0 Å². The van der Waals surface area contributed by atoms with Crippen molar-refractivity contribution in [2.75, 3.05) is 37.6 Å². The van der Waals surface area contributed by atoms with Crippen molar-refractivity contribution in [2.24, 2.45) is 5.92 Å². The second kappa shape index (κ2) is 8.29. The van der Waals surface area contributed by atoms with Gasteiger partial charge < -0.3 is 15.1 Å². The third-order valence-electron chi connectivity index (χ3n) is 5.02. The molecule has 1 aliphatic heterocycles. The molecule has 1 amide bonds. The fourth-order valence-corrected chi connectivity index (χ4v) is 3.54. The minimum Gasteiger partial charge on any atom is -0.353 e. The molecule has 130 valence electrons. The maximum atomic E-state index is 11.5. The van der Waals surface area contributed by atoms with Crippen molar-refractivity contribution >= 4 is 11.7 Å². The molecule has 1 fully saturated rings. The number of nitrogens with one attached hydrogen (secondary N) is 1. The van der Waals surface area contributed by atoms with Crippen molar-refractivity contribution in [1.82, 2.24) is 15.2 Å². The second-order valence-electron chi connectivity index (χ2n) is 6.76. The summed E-state index contributed by atoms with van der Waals surface area (Å²) < 4.78 is 0. The Bertz CT molecular complexity index is 578. The number of amides is 1. The minimum absolute atomic E-state index is 0.166. The molecule has 0 saturated carbocycles. The molecule has 0 radical (unpaired) electrons. The number of allylic oxidation sites excluding steroid dienone is 2. The first-order valence-electron chi connectivity index (χ1n) is 9.04. The highest BCUT2D eigenvalue weighted by Crippen LogP contribution is 2.20. The van der Waals surface area contributed by atoms with Gasteiger partial charge in [-0.2, -0.15) is 0 Å². The smallest absolute Gasteiger partial charge is 0.219 e. The van der Waals surface area contributed by atoms with Crippen LogP contribution in [0.5, 0.6) is 0 Å². The van der Waals surface area contributed by atoms with Crippen LogP contribution < -0.4 is 10.2 Å². The van der Waals surface area contributed by atoms with Gasteiger partial charge in [0, 0.05) is 51.4 Å². The van der Waals surface area contributed by atoms with Gasteiger partial charge in [-0.05, 0) is 37.8 Å². The van der Waals surface area contributed by atoms with Gasteiger partial charge in [0.1, 0.15) is 5.82 Å². The average Bonchev–Trinajstić information content (AvgIpc) is 2.63. The Morgan fingerprint density at radius 1 is 1.29 bits per heavy atom. The van der Waals surface area contributed by atoms with Crippen LogP contribution in [-0.4, -0.2) is 48.5 Å². The highest BCUT2D eigenvalue weighted by atomic mass is 16.2. The first kappa shape index (κ1) is 17.0. The predicted octanol–water partition coefficient (Wildman–Crippen LogP) is 2.20. The maximum Gasteiger partial charge on any atom is 0.219 e. The molecule has 1 aliphatic carbocycles. The normalized spacial score (nSPS) is 21.1. The summed E-state index contributed by atoms with van der Waals surface area (Å²) in [6.07, 6.45) is 10.2. The van der Waals surface area contributed by atoms with Gasteiger partial charge in [-0.25, -0.2) is 4.98 Å². The Balaban J connectivity index is 1.55. The molecule has 3 rings (SSSR count). The number of carbonyl (C=O) groups is 1. The van der Waals surface area contributed by atoms with Gasteiger partial charge in [-0.3, -0.25) is 4.79 Å². The highest BCUT2D eigenvalue weighted by molar-refractivity contribution is 5.73. The lowest BCUT2D eigenvalue weighted by Gasteiger charge is -2.35. The number of piperazine rings is 1. The Morgan fingerprint density at radius 3 is 2.83 bits per heavy atom. The van der Waals surface area contributed by atoms with Gasteiger partial charge in [0.2, 0.25) is 5.91 Å². The molecule has 0 aromatic carbocycles. The van der Waals surface area contributed by atoms with Gasteiger partial charge in [0.15, 0.2) is 0 Å². The maximum absolute atomic E-state index is 11.5. The number of aromatic nitrogens is 1. The van der Waals surface area contributed by atoms with Crippen molar-refractivity contribution in [2.45, 2.75) is 32.7 Å². The second-order valence-corrected chi connectivity index (χ2v) is 6.76. The zero-order chi connectivity index (χ0) is 16.8. The van der Waals surface area contributed by atoms with Crippen LogP contribution in [0, 0.1) is 5.92 Å². The lowest BCUT2D eigenvalue weighted by molar-refractivity contribution is -0.129. The van der Waals surface area contributed by atoms with E-state index in [0.29, 0.717) is 0 Å². The molecule has 2 aliphatic rings. The van der Waals surface area contributed by atoms with E-state index in [1.165, 1.54) is 24.8 Å². The van der Waals surface area contributed by atoms with Crippen LogP contribution in [0.25, 0.3) is 0 Å². The molecule has 5 nitrogen and oxygen atoms in total. The fourth-order valence-electron chi connectivity index (χ4n) is 3.54. The lowest BCUT2D eigenvalue weighted by Crippen LogP contribution is -2.48. The molecule has 0 spiro atoms. The van der Waals surface area contributed by atoms with E-state index in [9.17, 15) is 4.79 Å². The predicted molar refractivity (Wildman–Crippen MR) is 96.9 cm³/mol. The van der Waals surface area contributed by atoms with Crippen molar-refractivity contribution < 1.29 is 4.79 Å². The van der Waals surface area contributed by atoms with E-state index in [1.807, 2.05) is 17.2 Å². The zero-order valence-electron chi connectivity index (χ0n) is 14.6. The summed E-state index contributed by atoms with van der Waals surface area (Å²) in [6.45, 7) is 6.85. The first-order valence-corrected chi connectivity index (χ1v) is 9.04. The van der Waals surface area contributed by atoms with Gasteiger partial charge in [0.25, 0.3) is 0 Å². The van der Waals surface area contributed by atoms with Crippen LogP contribution in [0.3, 0.4) is 0 Å². The van der Waals surface area contributed by atoms with E-state index >= 15 is 0 Å². The Morgan fingerprint density at radius 2 is 2.12 bits per heavy atom. The van der Waals surface area contributed by atoms with E-state index in [1.54, 1.807) is 6.92 Å². The van der Waals surface area contributed by atoms with E-state index in [2.05, 4.69) is 33.4 Å². The molecule has 0 bridgehead atoms. The van der Waals surface area contributed by atoms with Crippen molar-refractivity contribution in [3.63, 3.8) is 0 Å². The Kier molecular flexibility index (Phi) is 5.86. The zero-order valence-corrected chi connectivity index (χ0v) is 14.6.